The number of carbonyl (C=O) groups is 1. The van der Waals surface area contributed by atoms with E-state index in [2.05, 4.69) is 36.1 Å². The van der Waals surface area contributed by atoms with Crippen LogP contribution in [0.3, 0.4) is 0 Å². The molecule has 0 bridgehead atoms. The van der Waals surface area contributed by atoms with E-state index >= 15 is 0 Å². The van der Waals surface area contributed by atoms with Crippen LogP contribution in [0.2, 0.25) is 0 Å². The van der Waals surface area contributed by atoms with Crippen molar-refractivity contribution in [2.75, 3.05) is 13.1 Å². The zero-order valence-electron chi connectivity index (χ0n) is 11.8. The number of carboxylic acids is 1. The monoisotopic (exact) mass is 261 g/mol. The first-order valence-electron chi connectivity index (χ1n) is 7.15. The van der Waals surface area contributed by atoms with Crippen molar-refractivity contribution in [3.05, 3.63) is 35.4 Å². The second kappa shape index (κ2) is 6.20. The molecule has 1 aromatic carbocycles. The summed E-state index contributed by atoms with van der Waals surface area (Å²) in [5.41, 5.74) is 2.89. The maximum absolute atomic E-state index is 11.0. The van der Waals surface area contributed by atoms with E-state index < -0.39 is 5.97 Å². The van der Waals surface area contributed by atoms with Crippen molar-refractivity contribution in [3.63, 3.8) is 0 Å². The highest BCUT2D eigenvalue weighted by atomic mass is 16.4. The summed E-state index contributed by atoms with van der Waals surface area (Å²) in [5, 5.41) is 9.06. The van der Waals surface area contributed by atoms with Crippen molar-refractivity contribution in [1.29, 1.82) is 0 Å². The van der Waals surface area contributed by atoms with Crippen LogP contribution in [0.1, 0.15) is 31.4 Å². The van der Waals surface area contributed by atoms with Gasteiger partial charge in [-0.1, -0.05) is 38.1 Å². The van der Waals surface area contributed by atoms with Gasteiger partial charge in [0.05, 0.1) is 5.92 Å². The van der Waals surface area contributed by atoms with Gasteiger partial charge in [0, 0.05) is 12.6 Å². The molecule has 0 fully saturated rings. The highest BCUT2D eigenvalue weighted by Crippen LogP contribution is 2.24. The first kappa shape index (κ1) is 14.1. The first-order valence-corrected chi connectivity index (χ1v) is 7.15. The second-order valence-corrected chi connectivity index (χ2v) is 5.49. The maximum Gasteiger partial charge on any atom is 0.307 e. The van der Waals surface area contributed by atoms with Crippen LogP contribution in [0.15, 0.2) is 24.3 Å². The lowest BCUT2D eigenvalue weighted by molar-refractivity contribution is -0.141. The summed E-state index contributed by atoms with van der Waals surface area (Å²) in [7, 11) is 0. The Balaban J connectivity index is 2.03. The quantitative estimate of drug-likeness (QED) is 0.885. The summed E-state index contributed by atoms with van der Waals surface area (Å²) in [5.74, 6) is -0.994. The number of benzene rings is 1. The lowest BCUT2D eigenvalue weighted by Crippen LogP contribution is -2.42. The van der Waals surface area contributed by atoms with Gasteiger partial charge in [-0.2, -0.15) is 0 Å². The molecule has 0 amide bonds. The first-order chi connectivity index (χ1) is 9.11. The molecule has 0 saturated carbocycles. The molecule has 2 atom stereocenters. The summed E-state index contributed by atoms with van der Waals surface area (Å²) in [6.45, 7) is 5.49. The Bertz CT molecular complexity index is 444. The third-order valence-corrected chi connectivity index (χ3v) is 4.17. The van der Waals surface area contributed by atoms with Gasteiger partial charge in [-0.25, -0.2) is 0 Å². The number of likely N-dealkylation sites (N-methyl/N-ethyl adjacent to an activating group) is 1. The lowest BCUT2D eigenvalue weighted by atomic mass is 9.87. The van der Waals surface area contributed by atoms with Gasteiger partial charge in [-0.05, 0) is 36.9 Å². The Morgan fingerprint density at radius 3 is 2.74 bits per heavy atom. The van der Waals surface area contributed by atoms with Crippen molar-refractivity contribution in [1.82, 2.24) is 4.90 Å². The van der Waals surface area contributed by atoms with Crippen molar-refractivity contribution >= 4 is 5.97 Å². The van der Waals surface area contributed by atoms with Gasteiger partial charge in [-0.3, -0.25) is 9.69 Å². The molecule has 3 heteroatoms. The third-order valence-electron chi connectivity index (χ3n) is 4.17. The SMILES string of the molecule is CCN(CC(C)C(=O)O)C1CCc2ccccc2C1. The van der Waals surface area contributed by atoms with E-state index in [4.69, 9.17) is 5.11 Å². The summed E-state index contributed by atoms with van der Waals surface area (Å²) >= 11 is 0. The highest BCUT2D eigenvalue weighted by Gasteiger charge is 2.25. The van der Waals surface area contributed by atoms with Gasteiger partial charge in [0.15, 0.2) is 0 Å². The lowest BCUT2D eigenvalue weighted by Gasteiger charge is -2.35. The summed E-state index contributed by atoms with van der Waals surface area (Å²) in [6, 6.07) is 9.10. The Hall–Kier alpha value is -1.35. The number of hydrogen-bond donors (Lipinski definition) is 1. The van der Waals surface area contributed by atoms with Crippen LogP contribution in [0.4, 0.5) is 0 Å². The molecule has 104 valence electrons. The van der Waals surface area contributed by atoms with Gasteiger partial charge < -0.3 is 5.11 Å². The van der Waals surface area contributed by atoms with Crippen molar-refractivity contribution < 1.29 is 9.90 Å². The van der Waals surface area contributed by atoms with Gasteiger partial charge in [0.1, 0.15) is 0 Å². The predicted octanol–water partition coefficient (Wildman–Crippen LogP) is 2.59. The Kier molecular flexibility index (Phi) is 4.59. The Labute approximate surface area is 115 Å². The molecule has 3 nitrogen and oxygen atoms in total. The molecule has 0 aromatic heterocycles. The second-order valence-electron chi connectivity index (χ2n) is 5.49. The summed E-state index contributed by atoms with van der Waals surface area (Å²) in [4.78, 5) is 13.3. The van der Waals surface area contributed by atoms with Gasteiger partial charge in [0.2, 0.25) is 0 Å². The molecule has 19 heavy (non-hydrogen) atoms. The standard InChI is InChI=1S/C16H23NO2/c1-3-17(11-12(2)16(18)19)15-9-8-13-6-4-5-7-14(13)10-15/h4-7,12,15H,3,8-11H2,1-2H3,(H,18,19). The van der Waals surface area contributed by atoms with E-state index in [0.29, 0.717) is 12.6 Å². The van der Waals surface area contributed by atoms with Gasteiger partial charge in [0.25, 0.3) is 0 Å². The van der Waals surface area contributed by atoms with Crippen LogP contribution >= 0.6 is 0 Å². The van der Waals surface area contributed by atoms with Crippen LogP contribution in [0.25, 0.3) is 0 Å². The van der Waals surface area contributed by atoms with E-state index in [1.165, 1.54) is 11.1 Å². The zero-order valence-corrected chi connectivity index (χ0v) is 11.8. The van der Waals surface area contributed by atoms with Gasteiger partial charge in [-0.15, -0.1) is 0 Å². The Morgan fingerprint density at radius 2 is 2.11 bits per heavy atom. The molecule has 0 spiro atoms. The average molecular weight is 261 g/mol. The number of rotatable bonds is 5. The zero-order chi connectivity index (χ0) is 13.8. The van der Waals surface area contributed by atoms with Crippen LogP contribution in [0.5, 0.6) is 0 Å². The van der Waals surface area contributed by atoms with Gasteiger partial charge >= 0.3 is 5.97 Å². The molecule has 1 aliphatic rings. The fourth-order valence-corrected chi connectivity index (χ4v) is 2.96. The molecule has 1 aromatic rings. The highest BCUT2D eigenvalue weighted by molar-refractivity contribution is 5.69. The van der Waals surface area contributed by atoms with E-state index in [1.54, 1.807) is 6.92 Å². The topological polar surface area (TPSA) is 40.5 Å². The molecule has 0 aliphatic heterocycles. The van der Waals surface area contributed by atoms with Crippen LogP contribution in [0, 0.1) is 5.92 Å². The molecule has 1 N–H and O–H groups in total. The predicted molar refractivity (Wildman–Crippen MR) is 76.3 cm³/mol. The minimum absolute atomic E-state index is 0.294. The van der Waals surface area contributed by atoms with E-state index in [9.17, 15) is 4.79 Å². The maximum atomic E-state index is 11.0. The fraction of sp³-hybridized carbons (Fsp3) is 0.562. The molecule has 0 radical (unpaired) electrons. The number of fused-ring (bicyclic) bond motifs is 1. The third kappa shape index (κ3) is 3.35. The normalized spacial score (nSPS) is 20.1. The number of carboxylic acid groups (broad SMARTS) is 1. The van der Waals surface area contributed by atoms with E-state index in [-0.39, 0.29) is 5.92 Å². The Morgan fingerprint density at radius 1 is 1.42 bits per heavy atom. The van der Waals surface area contributed by atoms with E-state index in [1.807, 2.05) is 0 Å². The van der Waals surface area contributed by atoms with Crippen molar-refractivity contribution in [2.24, 2.45) is 5.92 Å². The minimum atomic E-state index is -0.699. The molecule has 1 aliphatic carbocycles. The van der Waals surface area contributed by atoms with Crippen molar-refractivity contribution in [2.45, 2.75) is 39.2 Å². The van der Waals surface area contributed by atoms with Crippen LogP contribution in [-0.2, 0) is 17.6 Å². The summed E-state index contributed by atoms with van der Waals surface area (Å²) in [6.07, 6.45) is 3.30. The largest absolute Gasteiger partial charge is 0.481 e. The molecule has 2 rings (SSSR count). The summed E-state index contributed by atoms with van der Waals surface area (Å²) < 4.78 is 0. The fourth-order valence-electron chi connectivity index (χ4n) is 2.96. The smallest absolute Gasteiger partial charge is 0.307 e. The number of nitrogens with zero attached hydrogens (tertiary/aromatic N) is 1. The molecule has 0 heterocycles. The number of aliphatic carboxylic acids is 1. The number of hydrogen-bond acceptors (Lipinski definition) is 2. The van der Waals surface area contributed by atoms with Crippen LogP contribution < -0.4 is 0 Å². The number of aryl methyl sites for hydroxylation is 1. The molecular weight excluding hydrogens is 238 g/mol. The molecule has 0 saturated heterocycles. The average Bonchev–Trinajstić information content (AvgIpc) is 2.43. The van der Waals surface area contributed by atoms with Crippen LogP contribution in [-0.4, -0.2) is 35.1 Å². The minimum Gasteiger partial charge on any atom is -0.481 e. The molecule has 2 unspecified atom stereocenters. The molecular formula is C16H23NO2. The van der Waals surface area contributed by atoms with Crippen molar-refractivity contribution in [3.8, 4) is 0 Å². The van der Waals surface area contributed by atoms with E-state index in [0.717, 1.165) is 25.8 Å².